The molecular weight excluding hydrogens is 368 g/mol. The van der Waals surface area contributed by atoms with E-state index in [2.05, 4.69) is 27.7 Å². The topological polar surface area (TPSA) is 93.2 Å². The van der Waals surface area contributed by atoms with Crippen molar-refractivity contribution in [3.63, 3.8) is 0 Å². The molecule has 7 heteroatoms. The lowest BCUT2D eigenvalue weighted by Crippen LogP contribution is -2.41. The van der Waals surface area contributed by atoms with Gasteiger partial charge in [0.2, 0.25) is 0 Å². The van der Waals surface area contributed by atoms with Crippen LogP contribution in [0.2, 0.25) is 0 Å². The molecule has 29 heavy (non-hydrogen) atoms. The SMILES string of the molecule is CCCCCCOc1ccc(C(=O)NNC(=O)c2ccc3nccnc3c2)cc1. The van der Waals surface area contributed by atoms with Gasteiger partial charge < -0.3 is 4.74 Å². The van der Waals surface area contributed by atoms with Crippen molar-refractivity contribution in [1.29, 1.82) is 0 Å². The van der Waals surface area contributed by atoms with Gasteiger partial charge in [0.25, 0.3) is 11.8 Å². The monoisotopic (exact) mass is 392 g/mol. The smallest absolute Gasteiger partial charge is 0.269 e. The molecule has 0 aliphatic rings. The molecule has 0 atom stereocenters. The normalized spacial score (nSPS) is 10.5. The molecule has 0 saturated carbocycles. The highest BCUT2D eigenvalue weighted by Gasteiger charge is 2.10. The first-order valence-corrected chi connectivity index (χ1v) is 9.71. The number of aromatic nitrogens is 2. The van der Waals surface area contributed by atoms with E-state index in [1.807, 2.05) is 0 Å². The highest BCUT2D eigenvalue weighted by atomic mass is 16.5. The molecule has 3 aromatic rings. The Morgan fingerprint density at radius 2 is 1.48 bits per heavy atom. The Morgan fingerprint density at radius 3 is 2.21 bits per heavy atom. The summed E-state index contributed by atoms with van der Waals surface area (Å²) in [5, 5.41) is 0. The van der Waals surface area contributed by atoms with Crippen LogP contribution in [0.1, 0.15) is 53.3 Å². The number of nitrogens with one attached hydrogen (secondary N) is 2. The van der Waals surface area contributed by atoms with E-state index < -0.39 is 11.8 Å². The lowest BCUT2D eigenvalue weighted by atomic mass is 10.2. The number of benzene rings is 2. The molecule has 0 aliphatic carbocycles. The zero-order valence-electron chi connectivity index (χ0n) is 16.4. The Labute approximate surface area is 169 Å². The highest BCUT2D eigenvalue weighted by molar-refractivity contribution is 6.00. The third kappa shape index (κ3) is 5.75. The van der Waals surface area contributed by atoms with Crippen molar-refractivity contribution in [2.75, 3.05) is 6.61 Å². The van der Waals surface area contributed by atoms with E-state index in [9.17, 15) is 9.59 Å². The van der Waals surface area contributed by atoms with Gasteiger partial charge in [0.15, 0.2) is 0 Å². The van der Waals surface area contributed by atoms with E-state index in [1.165, 1.54) is 12.8 Å². The van der Waals surface area contributed by atoms with Gasteiger partial charge in [-0.1, -0.05) is 26.2 Å². The lowest BCUT2D eigenvalue weighted by Gasteiger charge is -2.09. The molecule has 0 spiro atoms. The third-order valence-electron chi connectivity index (χ3n) is 4.40. The Balaban J connectivity index is 1.49. The number of nitrogens with zero attached hydrogens (tertiary/aromatic N) is 2. The molecule has 1 aromatic heterocycles. The summed E-state index contributed by atoms with van der Waals surface area (Å²) in [5.41, 5.74) is 6.94. The van der Waals surface area contributed by atoms with Crippen LogP contribution in [0.5, 0.6) is 5.75 Å². The molecule has 2 N–H and O–H groups in total. The second kappa shape index (κ2) is 10.2. The number of fused-ring (bicyclic) bond motifs is 1. The molecule has 2 aromatic carbocycles. The highest BCUT2D eigenvalue weighted by Crippen LogP contribution is 2.13. The maximum absolute atomic E-state index is 12.3. The van der Waals surface area contributed by atoms with E-state index in [0.29, 0.717) is 28.8 Å². The van der Waals surface area contributed by atoms with Crippen LogP contribution < -0.4 is 15.6 Å². The summed E-state index contributed by atoms with van der Waals surface area (Å²) >= 11 is 0. The van der Waals surface area contributed by atoms with Crippen LogP contribution in [0, 0.1) is 0 Å². The molecule has 1 heterocycles. The summed E-state index contributed by atoms with van der Waals surface area (Å²) in [6, 6.07) is 11.8. The summed E-state index contributed by atoms with van der Waals surface area (Å²) in [5.74, 6) is -0.120. The molecule has 150 valence electrons. The number of carbonyl (C=O) groups excluding carboxylic acids is 2. The van der Waals surface area contributed by atoms with Gasteiger partial charge >= 0.3 is 0 Å². The molecule has 0 unspecified atom stereocenters. The van der Waals surface area contributed by atoms with E-state index in [4.69, 9.17) is 4.74 Å². The maximum Gasteiger partial charge on any atom is 0.269 e. The summed E-state index contributed by atoms with van der Waals surface area (Å²) in [6.45, 7) is 2.83. The summed E-state index contributed by atoms with van der Waals surface area (Å²) < 4.78 is 5.67. The molecule has 3 rings (SSSR count). The minimum atomic E-state index is -0.432. The van der Waals surface area contributed by atoms with Crippen LogP contribution in [0.4, 0.5) is 0 Å². The summed E-state index contributed by atoms with van der Waals surface area (Å²) in [7, 11) is 0. The fourth-order valence-electron chi connectivity index (χ4n) is 2.78. The number of ether oxygens (including phenoxy) is 1. The van der Waals surface area contributed by atoms with Crippen molar-refractivity contribution >= 4 is 22.8 Å². The van der Waals surface area contributed by atoms with Gasteiger partial charge in [0.1, 0.15) is 5.75 Å². The molecule has 0 fully saturated rings. The molecule has 7 nitrogen and oxygen atoms in total. The van der Waals surface area contributed by atoms with Crippen LogP contribution in [0.3, 0.4) is 0 Å². The maximum atomic E-state index is 12.3. The van der Waals surface area contributed by atoms with Crippen molar-refractivity contribution in [3.05, 3.63) is 66.0 Å². The molecule has 0 radical (unpaired) electrons. The summed E-state index contributed by atoms with van der Waals surface area (Å²) in [6.07, 6.45) is 7.72. The standard InChI is InChI=1S/C22H24N4O3/c1-2-3-4-5-14-29-18-9-6-16(7-10-18)21(27)25-26-22(28)17-8-11-19-20(15-17)24-13-12-23-19/h6-13,15H,2-5,14H2,1H3,(H,25,27)(H,26,28). The van der Waals surface area contributed by atoms with Crippen LogP contribution in [0.15, 0.2) is 54.9 Å². The number of rotatable bonds is 8. The molecule has 0 saturated heterocycles. The minimum absolute atomic E-state index is 0.380. The number of hydrogen-bond acceptors (Lipinski definition) is 5. The number of hydrogen-bond donors (Lipinski definition) is 2. The molecule has 0 aliphatic heterocycles. The van der Waals surface area contributed by atoms with E-state index in [-0.39, 0.29) is 0 Å². The van der Waals surface area contributed by atoms with E-state index in [1.54, 1.807) is 54.9 Å². The predicted octanol–water partition coefficient (Wildman–Crippen LogP) is 3.66. The van der Waals surface area contributed by atoms with Gasteiger partial charge in [0.05, 0.1) is 17.6 Å². The van der Waals surface area contributed by atoms with Crippen molar-refractivity contribution in [2.45, 2.75) is 32.6 Å². The molecule has 2 amide bonds. The first-order chi connectivity index (χ1) is 14.2. The second-order valence-electron chi connectivity index (χ2n) is 6.60. The molecular formula is C22H24N4O3. The fraction of sp³-hybridized carbons (Fsp3) is 0.273. The van der Waals surface area contributed by atoms with E-state index >= 15 is 0 Å². The second-order valence-corrected chi connectivity index (χ2v) is 6.60. The Hall–Kier alpha value is -3.48. The first-order valence-electron chi connectivity index (χ1n) is 9.71. The van der Waals surface area contributed by atoms with Crippen molar-refractivity contribution in [2.24, 2.45) is 0 Å². The van der Waals surface area contributed by atoms with Crippen molar-refractivity contribution in [3.8, 4) is 5.75 Å². The fourth-order valence-corrected chi connectivity index (χ4v) is 2.78. The van der Waals surface area contributed by atoms with Gasteiger partial charge in [-0.05, 0) is 48.9 Å². The number of amides is 2. The Morgan fingerprint density at radius 1 is 0.828 bits per heavy atom. The van der Waals surface area contributed by atoms with Gasteiger partial charge in [0, 0.05) is 23.5 Å². The van der Waals surface area contributed by atoms with Gasteiger partial charge in [-0.25, -0.2) is 0 Å². The van der Waals surface area contributed by atoms with E-state index in [0.717, 1.165) is 18.6 Å². The van der Waals surface area contributed by atoms with Gasteiger partial charge in [-0.3, -0.25) is 30.4 Å². The average molecular weight is 392 g/mol. The predicted molar refractivity (Wildman–Crippen MR) is 111 cm³/mol. The van der Waals surface area contributed by atoms with Crippen LogP contribution in [0.25, 0.3) is 11.0 Å². The minimum Gasteiger partial charge on any atom is -0.494 e. The zero-order chi connectivity index (χ0) is 20.5. The Kier molecular flexibility index (Phi) is 7.10. The van der Waals surface area contributed by atoms with Crippen molar-refractivity contribution < 1.29 is 14.3 Å². The number of unbranched alkanes of at least 4 members (excludes halogenated alkanes) is 3. The number of carbonyl (C=O) groups is 2. The zero-order valence-corrected chi connectivity index (χ0v) is 16.4. The van der Waals surface area contributed by atoms with Crippen LogP contribution in [-0.2, 0) is 0 Å². The quantitative estimate of drug-likeness (QED) is 0.451. The number of hydrazine groups is 1. The first kappa shape index (κ1) is 20.3. The van der Waals surface area contributed by atoms with Crippen LogP contribution >= 0.6 is 0 Å². The average Bonchev–Trinajstić information content (AvgIpc) is 2.77. The lowest BCUT2D eigenvalue weighted by molar-refractivity contribution is 0.0846. The largest absolute Gasteiger partial charge is 0.494 e. The van der Waals surface area contributed by atoms with Gasteiger partial charge in [-0.2, -0.15) is 0 Å². The Bertz CT molecular complexity index is 973. The van der Waals surface area contributed by atoms with Gasteiger partial charge in [-0.15, -0.1) is 0 Å². The van der Waals surface area contributed by atoms with Crippen molar-refractivity contribution in [1.82, 2.24) is 20.8 Å². The molecule has 0 bridgehead atoms. The van der Waals surface area contributed by atoms with Crippen LogP contribution in [-0.4, -0.2) is 28.4 Å². The third-order valence-corrected chi connectivity index (χ3v) is 4.40. The summed E-state index contributed by atoms with van der Waals surface area (Å²) in [4.78, 5) is 32.9.